The van der Waals surface area contributed by atoms with E-state index in [-0.39, 0.29) is 6.42 Å². The Morgan fingerprint density at radius 3 is 2.13 bits per heavy atom. The largest absolute Gasteiger partial charge is 0.390 e. The number of hydrogen-bond acceptors (Lipinski definition) is 4. The van der Waals surface area contributed by atoms with Crippen LogP contribution in [0.3, 0.4) is 0 Å². The Labute approximate surface area is 91.2 Å². The van der Waals surface area contributed by atoms with Crippen molar-refractivity contribution >= 4 is 5.97 Å². The van der Waals surface area contributed by atoms with Crippen molar-refractivity contribution < 1.29 is 20.0 Å². The molecule has 0 fully saturated rings. The molecule has 0 bridgehead atoms. The molecule has 0 amide bonds. The van der Waals surface area contributed by atoms with E-state index in [1.807, 2.05) is 13.8 Å². The fraction of sp³-hybridized carbons (Fsp3) is 0.909. The van der Waals surface area contributed by atoms with Gasteiger partial charge in [-0.25, -0.2) is 4.79 Å². The SMILES string of the molecule is CC(C)CC(C)(O)CC(C)(C)C(=O)OO. The van der Waals surface area contributed by atoms with Crippen LogP contribution in [0.4, 0.5) is 0 Å². The first-order chi connectivity index (χ1) is 6.60. The fourth-order valence-electron chi connectivity index (χ4n) is 2.10. The molecule has 0 aromatic carbocycles. The van der Waals surface area contributed by atoms with Gasteiger partial charge in [0.2, 0.25) is 0 Å². The van der Waals surface area contributed by atoms with Crippen LogP contribution in [0.1, 0.15) is 47.5 Å². The molecule has 0 rings (SSSR count). The van der Waals surface area contributed by atoms with Gasteiger partial charge in [-0.15, -0.1) is 0 Å². The van der Waals surface area contributed by atoms with Crippen LogP contribution in [0.5, 0.6) is 0 Å². The van der Waals surface area contributed by atoms with Crippen molar-refractivity contribution in [2.45, 2.75) is 53.1 Å². The molecule has 4 heteroatoms. The average molecular weight is 218 g/mol. The Kier molecular flexibility index (Phi) is 4.74. The molecule has 0 saturated heterocycles. The summed E-state index contributed by atoms with van der Waals surface area (Å²) in [5.41, 5.74) is -1.81. The van der Waals surface area contributed by atoms with E-state index in [2.05, 4.69) is 4.89 Å². The lowest BCUT2D eigenvalue weighted by molar-refractivity contribution is -0.246. The summed E-state index contributed by atoms with van der Waals surface area (Å²) in [7, 11) is 0. The highest BCUT2D eigenvalue weighted by molar-refractivity contribution is 5.75. The predicted octanol–water partition coefficient (Wildman–Crippen LogP) is 2.22. The molecule has 0 aliphatic rings. The van der Waals surface area contributed by atoms with Crippen molar-refractivity contribution in [1.29, 1.82) is 0 Å². The lowest BCUT2D eigenvalue weighted by atomic mass is 9.78. The molecular weight excluding hydrogens is 196 g/mol. The van der Waals surface area contributed by atoms with Gasteiger partial charge >= 0.3 is 5.97 Å². The van der Waals surface area contributed by atoms with Crippen molar-refractivity contribution in [2.75, 3.05) is 0 Å². The van der Waals surface area contributed by atoms with Gasteiger partial charge in [0.15, 0.2) is 0 Å². The average Bonchev–Trinajstić information content (AvgIpc) is 1.97. The molecular formula is C11H22O4. The second kappa shape index (κ2) is 4.94. The summed E-state index contributed by atoms with van der Waals surface area (Å²) in [6.07, 6.45) is 0.868. The number of carbonyl (C=O) groups excluding carboxylic acids is 1. The zero-order valence-electron chi connectivity index (χ0n) is 10.2. The van der Waals surface area contributed by atoms with Gasteiger partial charge in [0.05, 0.1) is 11.0 Å². The zero-order chi connectivity index (χ0) is 12.3. The van der Waals surface area contributed by atoms with Crippen molar-refractivity contribution in [3.8, 4) is 0 Å². The first-order valence-electron chi connectivity index (χ1n) is 5.19. The summed E-state index contributed by atoms with van der Waals surface area (Å²) in [6, 6.07) is 0. The van der Waals surface area contributed by atoms with Gasteiger partial charge in [0.25, 0.3) is 0 Å². The highest BCUT2D eigenvalue weighted by atomic mass is 17.1. The van der Waals surface area contributed by atoms with Crippen molar-refractivity contribution in [1.82, 2.24) is 0 Å². The first kappa shape index (κ1) is 14.4. The smallest absolute Gasteiger partial charge is 0.347 e. The summed E-state index contributed by atoms with van der Waals surface area (Å²) < 4.78 is 0. The highest BCUT2D eigenvalue weighted by Gasteiger charge is 2.37. The number of aliphatic hydroxyl groups is 1. The van der Waals surface area contributed by atoms with E-state index in [0.29, 0.717) is 12.3 Å². The number of hydrogen-bond donors (Lipinski definition) is 2. The first-order valence-corrected chi connectivity index (χ1v) is 5.19. The van der Waals surface area contributed by atoms with Crippen LogP contribution in [0.2, 0.25) is 0 Å². The van der Waals surface area contributed by atoms with Gasteiger partial charge in [-0.3, -0.25) is 0 Å². The summed E-state index contributed by atoms with van der Waals surface area (Å²) in [6.45, 7) is 8.98. The third kappa shape index (κ3) is 5.14. The van der Waals surface area contributed by atoms with E-state index < -0.39 is 17.0 Å². The van der Waals surface area contributed by atoms with E-state index in [0.717, 1.165) is 0 Å². The maximum absolute atomic E-state index is 11.2. The van der Waals surface area contributed by atoms with Crippen LogP contribution in [-0.2, 0) is 9.68 Å². The molecule has 1 unspecified atom stereocenters. The van der Waals surface area contributed by atoms with Crippen LogP contribution in [0.25, 0.3) is 0 Å². The third-order valence-corrected chi connectivity index (χ3v) is 2.31. The van der Waals surface area contributed by atoms with E-state index >= 15 is 0 Å². The molecule has 1 atom stereocenters. The zero-order valence-corrected chi connectivity index (χ0v) is 10.2. The quantitative estimate of drug-likeness (QED) is 0.548. The Hall–Kier alpha value is -0.610. The topological polar surface area (TPSA) is 66.8 Å². The van der Waals surface area contributed by atoms with Gasteiger partial charge in [-0.05, 0) is 39.5 Å². The van der Waals surface area contributed by atoms with E-state index in [9.17, 15) is 9.90 Å². The Bertz CT molecular complexity index is 219. The van der Waals surface area contributed by atoms with Gasteiger partial charge in [-0.1, -0.05) is 13.8 Å². The lowest BCUT2D eigenvalue weighted by Gasteiger charge is -2.32. The van der Waals surface area contributed by atoms with Gasteiger partial charge in [0, 0.05) is 0 Å². The van der Waals surface area contributed by atoms with E-state index in [1.165, 1.54) is 0 Å². The summed E-state index contributed by atoms with van der Waals surface area (Å²) in [5, 5.41) is 18.4. The second-order valence-electron chi connectivity index (χ2n) is 5.53. The maximum Gasteiger partial charge on any atom is 0.347 e. The maximum atomic E-state index is 11.2. The molecule has 0 aliphatic heterocycles. The van der Waals surface area contributed by atoms with Crippen LogP contribution in [0.15, 0.2) is 0 Å². The molecule has 0 spiro atoms. The predicted molar refractivity (Wildman–Crippen MR) is 57.2 cm³/mol. The Balaban J connectivity index is 4.49. The minimum absolute atomic E-state index is 0.261. The van der Waals surface area contributed by atoms with Gasteiger partial charge < -0.3 is 9.99 Å². The van der Waals surface area contributed by atoms with Crippen LogP contribution >= 0.6 is 0 Å². The fourth-order valence-corrected chi connectivity index (χ4v) is 2.10. The Morgan fingerprint density at radius 2 is 1.80 bits per heavy atom. The molecule has 0 saturated carbocycles. The molecule has 0 radical (unpaired) electrons. The lowest BCUT2D eigenvalue weighted by Crippen LogP contribution is -2.37. The molecule has 0 heterocycles. The second-order valence-corrected chi connectivity index (χ2v) is 5.53. The molecule has 2 N–H and O–H groups in total. The normalized spacial score (nSPS) is 16.3. The minimum atomic E-state index is -0.925. The third-order valence-electron chi connectivity index (χ3n) is 2.31. The standard InChI is InChI=1S/C11H22O4/c1-8(2)6-11(5,13)7-10(3,4)9(12)15-14/h8,13-14H,6-7H2,1-5H3. The van der Waals surface area contributed by atoms with E-state index in [4.69, 9.17) is 5.26 Å². The van der Waals surface area contributed by atoms with Gasteiger partial charge in [0.1, 0.15) is 0 Å². The minimum Gasteiger partial charge on any atom is -0.390 e. The molecule has 4 nitrogen and oxygen atoms in total. The highest BCUT2D eigenvalue weighted by Crippen LogP contribution is 2.32. The van der Waals surface area contributed by atoms with Crippen LogP contribution in [-0.4, -0.2) is 21.9 Å². The molecule has 0 aliphatic carbocycles. The number of carbonyl (C=O) groups is 1. The molecule has 15 heavy (non-hydrogen) atoms. The molecule has 0 aromatic heterocycles. The summed E-state index contributed by atoms with van der Waals surface area (Å²) in [4.78, 5) is 14.9. The summed E-state index contributed by atoms with van der Waals surface area (Å²) >= 11 is 0. The summed E-state index contributed by atoms with van der Waals surface area (Å²) in [5.74, 6) is -0.368. The Morgan fingerprint density at radius 1 is 1.33 bits per heavy atom. The van der Waals surface area contributed by atoms with Crippen molar-refractivity contribution in [2.24, 2.45) is 11.3 Å². The van der Waals surface area contributed by atoms with Crippen LogP contribution in [0, 0.1) is 11.3 Å². The molecule has 90 valence electrons. The van der Waals surface area contributed by atoms with Crippen molar-refractivity contribution in [3.63, 3.8) is 0 Å². The van der Waals surface area contributed by atoms with Crippen molar-refractivity contribution in [3.05, 3.63) is 0 Å². The molecule has 0 aromatic rings. The van der Waals surface area contributed by atoms with Gasteiger partial charge in [-0.2, -0.15) is 5.26 Å². The van der Waals surface area contributed by atoms with E-state index in [1.54, 1.807) is 20.8 Å². The monoisotopic (exact) mass is 218 g/mol. The van der Waals surface area contributed by atoms with Crippen LogP contribution < -0.4 is 0 Å². The number of rotatable bonds is 5.